The Kier molecular flexibility index (Phi) is 2.74. The Balaban J connectivity index is 2.27. The van der Waals surface area contributed by atoms with Crippen LogP contribution in [0.1, 0.15) is 18.4 Å². The average Bonchev–Trinajstić information content (AvgIpc) is 2.98. The van der Waals surface area contributed by atoms with Crippen molar-refractivity contribution < 1.29 is 13.2 Å². The molecule has 1 aliphatic carbocycles. The molecule has 16 heavy (non-hydrogen) atoms. The van der Waals surface area contributed by atoms with E-state index in [4.69, 9.17) is 11.6 Å². The number of nitrogens with one attached hydrogen (secondary N) is 1. The van der Waals surface area contributed by atoms with Crippen LogP contribution >= 0.6 is 11.6 Å². The molecular formula is C10H10ClF3N2. The van der Waals surface area contributed by atoms with E-state index in [1.54, 1.807) is 0 Å². The summed E-state index contributed by atoms with van der Waals surface area (Å²) in [5.74, 6) is 0.161. The molecule has 0 bridgehead atoms. The SMILES string of the molecule is FC(F)(F)c1cccnc1NC1(CCl)CC1. The Morgan fingerprint density at radius 3 is 2.62 bits per heavy atom. The summed E-state index contributed by atoms with van der Waals surface area (Å²) < 4.78 is 37.9. The first-order valence-electron chi connectivity index (χ1n) is 4.83. The molecule has 2 nitrogen and oxygen atoms in total. The van der Waals surface area contributed by atoms with Crippen molar-refractivity contribution in [2.75, 3.05) is 11.2 Å². The van der Waals surface area contributed by atoms with Crippen molar-refractivity contribution in [2.24, 2.45) is 0 Å². The molecule has 1 N–H and O–H groups in total. The maximum absolute atomic E-state index is 12.6. The zero-order chi connectivity index (χ0) is 11.8. The van der Waals surface area contributed by atoms with Crippen LogP contribution in [-0.4, -0.2) is 16.4 Å². The molecule has 0 saturated heterocycles. The Morgan fingerprint density at radius 1 is 1.44 bits per heavy atom. The lowest BCUT2D eigenvalue weighted by Crippen LogP contribution is -2.25. The van der Waals surface area contributed by atoms with Crippen LogP contribution in [0.25, 0.3) is 0 Å². The second-order valence-electron chi connectivity index (χ2n) is 3.94. The van der Waals surface area contributed by atoms with Gasteiger partial charge in [0.25, 0.3) is 0 Å². The van der Waals surface area contributed by atoms with Crippen LogP contribution < -0.4 is 5.32 Å². The summed E-state index contributed by atoms with van der Waals surface area (Å²) in [6, 6.07) is 2.29. The van der Waals surface area contributed by atoms with Crippen LogP contribution in [0.3, 0.4) is 0 Å². The molecule has 1 saturated carbocycles. The van der Waals surface area contributed by atoms with Gasteiger partial charge in [0, 0.05) is 12.1 Å². The molecule has 0 amide bonds. The van der Waals surface area contributed by atoms with E-state index in [0.717, 1.165) is 18.9 Å². The van der Waals surface area contributed by atoms with Gasteiger partial charge in [0.1, 0.15) is 5.82 Å². The highest BCUT2D eigenvalue weighted by atomic mass is 35.5. The minimum absolute atomic E-state index is 0.131. The highest BCUT2D eigenvalue weighted by Gasteiger charge is 2.44. The molecule has 1 aromatic rings. The number of aromatic nitrogens is 1. The summed E-state index contributed by atoms with van der Waals surface area (Å²) >= 11 is 5.70. The van der Waals surface area contributed by atoms with Crippen molar-refractivity contribution in [1.29, 1.82) is 0 Å². The van der Waals surface area contributed by atoms with Crippen LogP contribution in [0, 0.1) is 0 Å². The van der Waals surface area contributed by atoms with Crippen molar-refractivity contribution in [2.45, 2.75) is 24.6 Å². The molecule has 1 heterocycles. The summed E-state index contributed by atoms with van der Waals surface area (Å²) in [7, 11) is 0. The van der Waals surface area contributed by atoms with Gasteiger partial charge in [-0.1, -0.05) is 0 Å². The van der Waals surface area contributed by atoms with Crippen LogP contribution in [0.15, 0.2) is 18.3 Å². The third-order valence-corrected chi connectivity index (χ3v) is 3.12. The number of alkyl halides is 4. The molecule has 6 heteroatoms. The number of pyridine rings is 1. The summed E-state index contributed by atoms with van der Waals surface area (Å²) in [5.41, 5.74) is -1.14. The summed E-state index contributed by atoms with van der Waals surface area (Å²) in [4.78, 5) is 3.73. The van der Waals surface area contributed by atoms with Crippen LogP contribution in [0.5, 0.6) is 0 Å². The summed E-state index contributed by atoms with van der Waals surface area (Å²) in [6.07, 6.45) is -1.49. The van der Waals surface area contributed by atoms with Gasteiger partial charge in [-0.15, -0.1) is 11.6 Å². The number of rotatable bonds is 3. The molecule has 1 fully saturated rings. The monoisotopic (exact) mass is 250 g/mol. The second-order valence-corrected chi connectivity index (χ2v) is 4.20. The average molecular weight is 251 g/mol. The molecule has 1 aromatic heterocycles. The van der Waals surface area contributed by atoms with E-state index in [1.165, 1.54) is 12.3 Å². The predicted octanol–water partition coefficient (Wildman–Crippen LogP) is 3.28. The largest absolute Gasteiger partial charge is 0.419 e. The highest BCUT2D eigenvalue weighted by Crippen LogP contribution is 2.42. The minimum atomic E-state index is -4.39. The van der Waals surface area contributed by atoms with E-state index in [-0.39, 0.29) is 5.82 Å². The van der Waals surface area contributed by atoms with E-state index >= 15 is 0 Å². The van der Waals surface area contributed by atoms with E-state index < -0.39 is 17.3 Å². The van der Waals surface area contributed by atoms with Crippen molar-refractivity contribution >= 4 is 17.4 Å². The fourth-order valence-corrected chi connectivity index (χ4v) is 1.76. The van der Waals surface area contributed by atoms with Crippen molar-refractivity contribution in [3.8, 4) is 0 Å². The zero-order valence-corrected chi connectivity index (χ0v) is 9.07. The number of halogens is 4. The standard InChI is InChI=1S/C10H10ClF3N2/c11-6-9(3-4-9)16-8-7(10(12,13)14)2-1-5-15-8/h1-2,5H,3-4,6H2,(H,15,16). The second kappa shape index (κ2) is 3.80. The normalized spacial score (nSPS) is 18.2. The molecule has 0 aliphatic heterocycles. The van der Waals surface area contributed by atoms with E-state index in [9.17, 15) is 13.2 Å². The Bertz CT molecular complexity index is 388. The van der Waals surface area contributed by atoms with Crippen molar-refractivity contribution in [3.05, 3.63) is 23.9 Å². The molecule has 88 valence electrons. The smallest absolute Gasteiger partial charge is 0.363 e. The third kappa shape index (κ3) is 2.24. The molecule has 0 unspecified atom stereocenters. The van der Waals surface area contributed by atoms with Gasteiger partial charge in [-0.2, -0.15) is 13.2 Å². The molecule has 0 atom stereocenters. The summed E-state index contributed by atoms with van der Waals surface area (Å²) in [5, 5.41) is 2.79. The van der Waals surface area contributed by atoms with Gasteiger partial charge in [-0.05, 0) is 25.0 Å². The lowest BCUT2D eigenvalue weighted by Gasteiger charge is -2.18. The topological polar surface area (TPSA) is 24.9 Å². The first kappa shape index (κ1) is 11.5. The van der Waals surface area contributed by atoms with Gasteiger partial charge >= 0.3 is 6.18 Å². The van der Waals surface area contributed by atoms with Crippen LogP contribution in [0.4, 0.5) is 19.0 Å². The molecular weight excluding hydrogens is 241 g/mol. The number of nitrogens with zero attached hydrogens (tertiary/aromatic N) is 1. The van der Waals surface area contributed by atoms with Crippen molar-refractivity contribution in [3.63, 3.8) is 0 Å². The van der Waals surface area contributed by atoms with Crippen LogP contribution in [0.2, 0.25) is 0 Å². The summed E-state index contributed by atoms with van der Waals surface area (Å²) in [6.45, 7) is 0. The van der Waals surface area contributed by atoms with Crippen LogP contribution in [-0.2, 0) is 6.18 Å². The number of anilines is 1. The van der Waals surface area contributed by atoms with Gasteiger partial charge in [0.2, 0.25) is 0 Å². The first-order valence-corrected chi connectivity index (χ1v) is 5.37. The fraction of sp³-hybridized carbons (Fsp3) is 0.500. The first-order chi connectivity index (χ1) is 7.47. The third-order valence-electron chi connectivity index (χ3n) is 2.61. The van der Waals surface area contributed by atoms with Gasteiger partial charge in [0.15, 0.2) is 0 Å². The molecule has 2 rings (SSSR count). The number of hydrogen-bond acceptors (Lipinski definition) is 2. The lowest BCUT2D eigenvalue weighted by molar-refractivity contribution is -0.137. The minimum Gasteiger partial charge on any atom is -0.363 e. The molecule has 0 radical (unpaired) electrons. The van der Waals surface area contributed by atoms with Gasteiger partial charge in [0.05, 0.1) is 11.1 Å². The lowest BCUT2D eigenvalue weighted by atomic mass is 10.2. The molecule has 1 aliphatic rings. The predicted molar refractivity (Wildman–Crippen MR) is 55.5 cm³/mol. The Labute approximate surface area is 95.8 Å². The van der Waals surface area contributed by atoms with E-state index in [2.05, 4.69) is 10.3 Å². The Morgan fingerprint density at radius 2 is 2.12 bits per heavy atom. The zero-order valence-electron chi connectivity index (χ0n) is 8.31. The van der Waals surface area contributed by atoms with E-state index in [0.29, 0.717) is 5.88 Å². The van der Waals surface area contributed by atoms with Gasteiger partial charge in [-0.3, -0.25) is 0 Å². The quantitative estimate of drug-likeness (QED) is 0.833. The van der Waals surface area contributed by atoms with E-state index in [1.807, 2.05) is 0 Å². The molecule has 0 spiro atoms. The number of hydrogen-bond donors (Lipinski definition) is 1. The maximum Gasteiger partial charge on any atom is 0.419 e. The van der Waals surface area contributed by atoms with Crippen molar-refractivity contribution in [1.82, 2.24) is 4.98 Å². The molecule has 0 aromatic carbocycles. The van der Waals surface area contributed by atoms with Gasteiger partial charge in [-0.25, -0.2) is 4.98 Å². The fourth-order valence-electron chi connectivity index (χ4n) is 1.43. The Hall–Kier alpha value is -0.970. The maximum atomic E-state index is 12.6. The highest BCUT2D eigenvalue weighted by molar-refractivity contribution is 6.19. The van der Waals surface area contributed by atoms with Gasteiger partial charge < -0.3 is 5.32 Å².